The second kappa shape index (κ2) is 9.09. The van der Waals surface area contributed by atoms with Crippen molar-refractivity contribution in [2.45, 2.75) is 25.1 Å². The van der Waals surface area contributed by atoms with Crippen LogP contribution in [0.25, 0.3) is 0 Å². The van der Waals surface area contributed by atoms with E-state index in [1.165, 1.54) is 16.4 Å². The van der Waals surface area contributed by atoms with Gasteiger partial charge in [0.2, 0.25) is 15.9 Å². The quantitative estimate of drug-likeness (QED) is 0.675. The molecule has 2 fully saturated rings. The van der Waals surface area contributed by atoms with Crippen LogP contribution in [0, 0.1) is 5.82 Å². The second-order valence-electron chi connectivity index (χ2n) is 7.33. The molecular weight excluding hydrogens is 446 g/mol. The minimum Gasteiger partial charge on any atom is -0.475 e. The van der Waals surface area contributed by atoms with Crippen LogP contribution in [0.15, 0.2) is 24.3 Å². The summed E-state index contributed by atoms with van der Waals surface area (Å²) in [6.45, 7) is 3.00. The third-order valence-corrected chi connectivity index (χ3v) is 7.18. The maximum Gasteiger partial charge on any atom is 0.490 e. The Labute approximate surface area is 177 Å². The number of rotatable bonds is 3. The number of amides is 1. The molecule has 0 aromatic heterocycles. The van der Waals surface area contributed by atoms with Crippen LogP contribution in [0.2, 0.25) is 0 Å². The number of hydrogen-bond acceptors (Lipinski definition) is 5. The normalized spacial score (nSPS) is 23.0. The topological polar surface area (TPSA) is 98.2 Å². The van der Waals surface area contributed by atoms with Crippen molar-refractivity contribution in [1.29, 1.82) is 0 Å². The maximum atomic E-state index is 13.5. The Morgan fingerprint density at radius 2 is 1.87 bits per heavy atom. The van der Waals surface area contributed by atoms with E-state index in [2.05, 4.69) is 0 Å². The first-order valence-electron chi connectivity index (χ1n) is 9.27. The summed E-state index contributed by atoms with van der Waals surface area (Å²) in [5, 5.41) is 7.12. The summed E-state index contributed by atoms with van der Waals surface area (Å²) in [6.07, 6.45) is -4.43. The fraction of sp³-hybridized carbons (Fsp3) is 0.556. The molecule has 1 aromatic rings. The number of anilines is 1. The smallest absolute Gasteiger partial charge is 0.475 e. The molecule has 1 spiro atoms. The summed E-state index contributed by atoms with van der Waals surface area (Å²) >= 11 is 0. The van der Waals surface area contributed by atoms with E-state index in [-0.39, 0.29) is 18.2 Å². The zero-order valence-corrected chi connectivity index (χ0v) is 17.7. The Bertz CT molecular complexity index is 940. The van der Waals surface area contributed by atoms with Crippen molar-refractivity contribution in [3.8, 4) is 0 Å². The predicted molar refractivity (Wildman–Crippen MR) is 103 cm³/mol. The number of sulfonamides is 1. The van der Waals surface area contributed by atoms with Crippen LogP contribution in [-0.4, -0.2) is 85.3 Å². The zero-order chi connectivity index (χ0) is 23.6. The van der Waals surface area contributed by atoms with E-state index in [1.807, 2.05) is 11.9 Å². The molecule has 2 aliphatic heterocycles. The standard InChI is InChI=1S/C16H22FN3O3S.C2HF3O2/c1-3-24(22,23)19-8-7-16(11-19)12-20(15(21)10-18(16)2)14-6-4-5-13(17)9-14;3-2(4,5)1(6)7/h4-6,9H,3,7-8,10-12H2,1-2H3;(H,6,7). The van der Waals surface area contributed by atoms with Crippen LogP contribution < -0.4 is 4.90 Å². The highest BCUT2D eigenvalue weighted by molar-refractivity contribution is 7.89. The van der Waals surface area contributed by atoms with E-state index < -0.39 is 33.5 Å². The summed E-state index contributed by atoms with van der Waals surface area (Å²) in [5.41, 5.74) is 0.0897. The van der Waals surface area contributed by atoms with Gasteiger partial charge in [0.05, 0.1) is 17.8 Å². The number of carboxylic acids is 1. The van der Waals surface area contributed by atoms with Gasteiger partial charge in [-0.2, -0.15) is 17.5 Å². The largest absolute Gasteiger partial charge is 0.490 e. The third-order valence-electron chi connectivity index (χ3n) is 5.35. The first kappa shape index (κ1) is 25.0. The maximum absolute atomic E-state index is 13.5. The van der Waals surface area contributed by atoms with Crippen LogP contribution in [0.3, 0.4) is 0 Å². The summed E-state index contributed by atoms with van der Waals surface area (Å²) in [7, 11) is -1.41. The SMILES string of the molecule is CCS(=O)(=O)N1CCC2(CN(c3cccc(F)c3)C(=O)CN2C)C1.O=C(O)C(F)(F)F. The lowest BCUT2D eigenvalue weighted by Crippen LogP contribution is -2.64. The molecule has 1 atom stereocenters. The van der Waals surface area contributed by atoms with E-state index in [0.717, 1.165) is 0 Å². The highest BCUT2D eigenvalue weighted by atomic mass is 32.2. The monoisotopic (exact) mass is 469 g/mol. The van der Waals surface area contributed by atoms with Crippen LogP contribution in [0.4, 0.5) is 23.2 Å². The van der Waals surface area contributed by atoms with Crippen molar-refractivity contribution in [3.05, 3.63) is 30.1 Å². The van der Waals surface area contributed by atoms with Crippen molar-refractivity contribution in [1.82, 2.24) is 9.21 Å². The van der Waals surface area contributed by atoms with E-state index in [9.17, 15) is 30.8 Å². The molecule has 8 nitrogen and oxygen atoms in total. The number of carbonyl (C=O) groups excluding carboxylic acids is 1. The zero-order valence-electron chi connectivity index (χ0n) is 16.9. The molecule has 0 aliphatic carbocycles. The van der Waals surface area contributed by atoms with Crippen molar-refractivity contribution in [2.24, 2.45) is 0 Å². The van der Waals surface area contributed by atoms with Gasteiger partial charge in [-0.05, 0) is 38.6 Å². The Balaban J connectivity index is 0.000000423. The molecule has 0 radical (unpaired) electrons. The van der Waals surface area contributed by atoms with Gasteiger partial charge in [0.1, 0.15) is 5.82 Å². The van der Waals surface area contributed by atoms with Gasteiger partial charge in [-0.25, -0.2) is 17.6 Å². The molecule has 3 rings (SSSR count). The van der Waals surface area contributed by atoms with E-state index in [4.69, 9.17) is 9.90 Å². The van der Waals surface area contributed by atoms with Gasteiger partial charge in [-0.15, -0.1) is 0 Å². The molecule has 1 aromatic carbocycles. The van der Waals surface area contributed by atoms with Crippen molar-refractivity contribution in [3.63, 3.8) is 0 Å². The molecule has 0 bridgehead atoms. The number of benzene rings is 1. The molecule has 174 valence electrons. The number of carbonyl (C=O) groups is 2. The van der Waals surface area contributed by atoms with Gasteiger partial charge in [0, 0.05) is 25.3 Å². The summed E-state index contributed by atoms with van der Waals surface area (Å²) in [5.74, 6) is -3.19. The van der Waals surface area contributed by atoms with E-state index in [0.29, 0.717) is 31.7 Å². The van der Waals surface area contributed by atoms with Crippen molar-refractivity contribution in [2.75, 3.05) is 43.9 Å². The lowest BCUT2D eigenvalue weighted by molar-refractivity contribution is -0.192. The molecule has 1 amide bonds. The lowest BCUT2D eigenvalue weighted by atomic mass is 9.92. The molecule has 1 unspecified atom stereocenters. The van der Waals surface area contributed by atoms with Crippen LogP contribution >= 0.6 is 0 Å². The number of piperazine rings is 1. The fourth-order valence-electron chi connectivity index (χ4n) is 3.52. The van der Waals surface area contributed by atoms with E-state index >= 15 is 0 Å². The average molecular weight is 469 g/mol. The molecule has 1 N–H and O–H groups in total. The minimum absolute atomic E-state index is 0.0688. The number of carboxylic acid groups (broad SMARTS) is 1. The van der Waals surface area contributed by atoms with Crippen molar-refractivity contribution < 1.29 is 40.7 Å². The first-order valence-corrected chi connectivity index (χ1v) is 10.9. The molecule has 2 aliphatic rings. The summed E-state index contributed by atoms with van der Waals surface area (Å²) < 4.78 is 71.1. The molecular formula is C18H23F4N3O5S. The van der Waals surface area contributed by atoms with Gasteiger partial charge in [0.15, 0.2) is 0 Å². The average Bonchev–Trinajstić information content (AvgIpc) is 3.11. The number of nitrogens with zero attached hydrogens (tertiary/aromatic N) is 3. The number of aliphatic carboxylic acids is 1. The molecule has 31 heavy (non-hydrogen) atoms. The Morgan fingerprint density at radius 1 is 1.26 bits per heavy atom. The van der Waals surface area contributed by atoms with Gasteiger partial charge < -0.3 is 10.0 Å². The Hall–Kier alpha value is -2.25. The lowest BCUT2D eigenvalue weighted by Gasteiger charge is -2.46. The summed E-state index contributed by atoms with van der Waals surface area (Å²) in [4.78, 5) is 24.8. The fourth-order valence-corrected chi connectivity index (χ4v) is 4.69. The first-order chi connectivity index (χ1) is 14.2. The van der Waals surface area contributed by atoms with Gasteiger partial charge in [-0.1, -0.05) is 6.07 Å². The molecule has 0 saturated carbocycles. The number of halogens is 4. The van der Waals surface area contributed by atoms with Gasteiger partial charge in [0.25, 0.3) is 0 Å². The van der Waals surface area contributed by atoms with Crippen LogP contribution in [0.1, 0.15) is 13.3 Å². The number of likely N-dealkylation sites (N-methyl/N-ethyl adjacent to an activating group) is 1. The van der Waals surface area contributed by atoms with Crippen molar-refractivity contribution >= 4 is 27.6 Å². The highest BCUT2D eigenvalue weighted by Crippen LogP contribution is 2.34. The van der Waals surface area contributed by atoms with Crippen LogP contribution in [0.5, 0.6) is 0 Å². The van der Waals surface area contributed by atoms with Gasteiger partial charge in [-0.3, -0.25) is 9.69 Å². The van der Waals surface area contributed by atoms with Crippen LogP contribution in [-0.2, 0) is 19.6 Å². The Morgan fingerprint density at radius 3 is 2.39 bits per heavy atom. The highest BCUT2D eigenvalue weighted by Gasteiger charge is 2.49. The second-order valence-corrected chi connectivity index (χ2v) is 9.58. The number of alkyl halides is 3. The predicted octanol–water partition coefficient (Wildman–Crippen LogP) is 1.53. The van der Waals surface area contributed by atoms with Gasteiger partial charge >= 0.3 is 12.1 Å². The molecule has 2 heterocycles. The van der Waals surface area contributed by atoms with E-state index in [1.54, 1.807) is 24.0 Å². The third kappa shape index (κ3) is 5.71. The Kier molecular flexibility index (Phi) is 7.33. The molecule has 2 saturated heterocycles. The summed E-state index contributed by atoms with van der Waals surface area (Å²) in [6, 6.07) is 5.96. The molecule has 13 heteroatoms. The minimum atomic E-state index is -5.08. The number of hydrogen-bond donors (Lipinski definition) is 1.